The minimum absolute atomic E-state index is 0.0372. The second-order valence-corrected chi connectivity index (χ2v) is 8.19. The van der Waals surface area contributed by atoms with Gasteiger partial charge in [0.1, 0.15) is 5.82 Å². The number of anilines is 1. The third-order valence-electron chi connectivity index (χ3n) is 6.24. The molecule has 1 aromatic heterocycles. The van der Waals surface area contributed by atoms with Crippen LogP contribution in [0.1, 0.15) is 26.7 Å². The minimum Gasteiger partial charge on any atom is -0.296 e. The van der Waals surface area contributed by atoms with Crippen molar-refractivity contribution in [1.82, 2.24) is 9.88 Å². The number of aromatic nitrogens is 1. The number of likely N-dealkylation sites (tertiary alicyclic amines) is 1. The largest absolute Gasteiger partial charge is 0.296 e. The fraction of sp³-hybridized carbons (Fsp3) is 0.600. The molecule has 2 saturated heterocycles. The molecular formula is C20H25F2N3O. The quantitative estimate of drug-likeness (QED) is 0.776. The van der Waals surface area contributed by atoms with Crippen LogP contribution in [0.25, 0.3) is 0 Å². The summed E-state index contributed by atoms with van der Waals surface area (Å²) in [6.45, 7) is 4.45. The number of amides is 1. The van der Waals surface area contributed by atoms with E-state index in [2.05, 4.69) is 24.9 Å². The van der Waals surface area contributed by atoms with E-state index in [0.29, 0.717) is 24.2 Å². The lowest BCUT2D eigenvalue weighted by molar-refractivity contribution is -0.130. The van der Waals surface area contributed by atoms with Crippen LogP contribution in [0.15, 0.2) is 36.0 Å². The van der Waals surface area contributed by atoms with Gasteiger partial charge in [0.25, 0.3) is 5.91 Å². The van der Waals surface area contributed by atoms with Crippen molar-refractivity contribution in [2.75, 3.05) is 31.1 Å². The Labute approximate surface area is 152 Å². The van der Waals surface area contributed by atoms with E-state index in [0.717, 1.165) is 17.7 Å². The zero-order valence-electron chi connectivity index (χ0n) is 15.3. The summed E-state index contributed by atoms with van der Waals surface area (Å²) in [7, 11) is 0. The first-order valence-electron chi connectivity index (χ1n) is 9.33. The number of carbonyl (C=O) groups is 1. The summed E-state index contributed by atoms with van der Waals surface area (Å²) in [5.41, 5.74) is -3.27. The van der Waals surface area contributed by atoms with Crippen LogP contribution in [0.3, 0.4) is 0 Å². The summed E-state index contributed by atoms with van der Waals surface area (Å²) >= 11 is 0. The van der Waals surface area contributed by atoms with Gasteiger partial charge in [-0.1, -0.05) is 24.6 Å². The topological polar surface area (TPSA) is 36.4 Å². The third kappa shape index (κ3) is 2.66. The molecule has 4 nitrogen and oxygen atoms in total. The molecule has 1 aromatic rings. The van der Waals surface area contributed by atoms with E-state index in [1.54, 1.807) is 18.2 Å². The predicted octanol–water partition coefficient (Wildman–Crippen LogP) is 3.15. The van der Waals surface area contributed by atoms with Crippen molar-refractivity contribution in [3.63, 3.8) is 0 Å². The van der Waals surface area contributed by atoms with E-state index in [9.17, 15) is 4.79 Å². The van der Waals surface area contributed by atoms with E-state index in [-0.39, 0.29) is 19.6 Å². The highest BCUT2D eigenvalue weighted by Crippen LogP contribution is 2.47. The van der Waals surface area contributed by atoms with Crippen molar-refractivity contribution < 1.29 is 13.6 Å². The van der Waals surface area contributed by atoms with Crippen molar-refractivity contribution >= 4 is 11.7 Å². The van der Waals surface area contributed by atoms with Gasteiger partial charge in [0.15, 0.2) is 5.67 Å². The molecule has 1 aliphatic carbocycles. The Morgan fingerprint density at radius 1 is 1.27 bits per heavy atom. The number of pyridine rings is 1. The number of halogens is 2. The smallest absolute Gasteiger partial charge is 0.270 e. The summed E-state index contributed by atoms with van der Waals surface area (Å²) in [5.74, 6) is 0.297. The molecule has 26 heavy (non-hydrogen) atoms. The number of fused-ring (bicyclic) bond motifs is 1. The molecule has 3 aliphatic rings. The third-order valence-corrected chi connectivity index (χ3v) is 6.24. The number of alkyl halides is 2. The molecule has 0 radical (unpaired) electrons. The Morgan fingerprint density at radius 2 is 2.08 bits per heavy atom. The molecule has 0 bridgehead atoms. The first-order valence-corrected chi connectivity index (χ1v) is 9.33. The second-order valence-electron chi connectivity index (χ2n) is 8.19. The molecule has 3 heterocycles. The van der Waals surface area contributed by atoms with Gasteiger partial charge in [-0.2, -0.15) is 0 Å². The normalized spacial score (nSPS) is 37.8. The Morgan fingerprint density at radius 3 is 2.73 bits per heavy atom. The molecule has 2 aliphatic heterocycles. The maximum atomic E-state index is 15.5. The first-order chi connectivity index (χ1) is 12.3. The number of nitrogens with zero attached hydrogens (tertiary/aromatic N) is 3. The van der Waals surface area contributed by atoms with Gasteiger partial charge in [-0.15, -0.1) is 0 Å². The maximum Gasteiger partial charge on any atom is 0.270 e. The Hall–Kier alpha value is -1.82. The molecule has 140 valence electrons. The zero-order chi connectivity index (χ0) is 18.5. The van der Waals surface area contributed by atoms with Crippen molar-refractivity contribution in [1.29, 1.82) is 0 Å². The molecule has 4 atom stereocenters. The molecule has 0 unspecified atom stereocenters. The van der Waals surface area contributed by atoms with Crippen molar-refractivity contribution in [2.45, 2.75) is 38.0 Å². The lowest BCUT2D eigenvalue weighted by atomic mass is 9.82. The van der Waals surface area contributed by atoms with E-state index < -0.39 is 17.2 Å². The Balaban J connectivity index is 1.50. The van der Waals surface area contributed by atoms with Gasteiger partial charge < -0.3 is 0 Å². The molecular weight excluding hydrogens is 336 g/mol. The van der Waals surface area contributed by atoms with E-state index in [1.165, 1.54) is 11.8 Å². The fourth-order valence-electron chi connectivity index (χ4n) is 4.72. The molecule has 2 fully saturated rings. The van der Waals surface area contributed by atoms with Gasteiger partial charge in [0.05, 0.1) is 6.54 Å². The summed E-state index contributed by atoms with van der Waals surface area (Å²) < 4.78 is 31.0. The average Bonchev–Trinajstić information content (AvgIpc) is 2.96. The fourth-order valence-corrected chi connectivity index (χ4v) is 4.72. The molecule has 1 amide bonds. The average molecular weight is 361 g/mol. The van der Waals surface area contributed by atoms with Crippen LogP contribution in [0.2, 0.25) is 0 Å². The molecule has 0 aromatic carbocycles. The van der Waals surface area contributed by atoms with Crippen LogP contribution in [0.4, 0.5) is 14.6 Å². The van der Waals surface area contributed by atoms with E-state index in [4.69, 9.17) is 0 Å². The standard InChI is InChI=1S/C20H25F2N3O/c1-14-6-7-16(15(2)9-14)10-24-11-19(21)12-25(17-5-3-4-8-23-17)18(26)20(19,22)13-24/h3-5,8-9,15-16H,6-7,10-13H2,1-2H3/t15-,16-,19+,20-/m1/s1. The lowest BCUT2D eigenvalue weighted by Crippen LogP contribution is -2.47. The number of hydrogen-bond acceptors (Lipinski definition) is 3. The van der Waals surface area contributed by atoms with Crippen LogP contribution in [0, 0.1) is 11.8 Å². The lowest BCUT2D eigenvalue weighted by Gasteiger charge is -2.31. The van der Waals surface area contributed by atoms with Crippen molar-refractivity contribution in [3.8, 4) is 0 Å². The first kappa shape index (κ1) is 17.6. The number of rotatable bonds is 3. The Bertz CT molecular complexity index is 740. The summed E-state index contributed by atoms with van der Waals surface area (Å²) in [5, 5.41) is 0. The van der Waals surface area contributed by atoms with Crippen LogP contribution in [-0.4, -0.2) is 53.3 Å². The Kier molecular flexibility index (Phi) is 4.14. The van der Waals surface area contributed by atoms with Crippen LogP contribution in [-0.2, 0) is 4.79 Å². The minimum atomic E-state index is -2.48. The van der Waals surface area contributed by atoms with Gasteiger partial charge in [0, 0.05) is 25.8 Å². The summed E-state index contributed by atoms with van der Waals surface area (Å²) in [6, 6.07) is 5.04. The van der Waals surface area contributed by atoms with Crippen LogP contribution in [0.5, 0.6) is 0 Å². The monoisotopic (exact) mass is 361 g/mol. The number of hydrogen-bond donors (Lipinski definition) is 0. The summed E-state index contributed by atoms with van der Waals surface area (Å²) in [4.78, 5) is 19.7. The highest BCUT2D eigenvalue weighted by Gasteiger charge is 2.71. The molecule has 0 N–H and O–H groups in total. The maximum absolute atomic E-state index is 15.5. The SMILES string of the molecule is CC1=C[C@@H](C)[C@@H](CN2C[C@]3(F)CN(c4ccccn4)C(=O)[C@]3(F)C2)CC1. The van der Waals surface area contributed by atoms with Crippen molar-refractivity contribution in [3.05, 3.63) is 36.0 Å². The van der Waals surface area contributed by atoms with Crippen LogP contribution >= 0.6 is 0 Å². The van der Waals surface area contributed by atoms with Gasteiger partial charge in [0.2, 0.25) is 5.67 Å². The molecule has 0 spiro atoms. The summed E-state index contributed by atoms with van der Waals surface area (Å²) in [6.07, 6.45) is 5.86. The molecule has 0 saturated carbocycles. The van der Waals surface area contributed by atoms with Crippen LogP contribution < -0.4 is 4.90 Å². The molecule has 4 rings (SSSR count). The van der Waals surface area contributed by atoms with E-state index in [1.807, 2.05) is 4.90 Å². The highest BCUT2D eigenvalue weighted by atomic mass is 19.2. The number of carbonyl (C=O) groups excluding carboxylic acids is 1. The van der Waals surface area contributed by atoms with Crippen molar-refractivity contribution in [2.24, 2.45) is 11.8 Å². The van der Waals surface area contributed by atoms with Gasteiger partial charge in [-0.25, -0.2) is 13.8 Å². The molecule has 6 heteroatoms. The second kappa shape index (κ2) is 6.12. The van der Waals surface area contributed by atoms with Gasteiger partial charge >= 0.3 is 0 Å². The zero-order valence-corrected chi connectivity index (χ0v) is 15.3. The van der Waals surface area contributed by atoms with Gasteiger partial charge in [-0.05, 0) is 43.7 Å². The van der Waals surface area contributed by atoms with Gasteiger partial charge in [-0.3, -0.25) is 14.6 Å². The predicted molar refractivity (Wildman–Crippen MR) is 96.4 cm³/mol. The van der Waals surface area contributed by atoms with E-state index >= 15 is 8.78 Å². The highest BCUT2D eigenvalue weighted by molar-refractivity contribution is 6.03. The number of allylic oxidation sites excluding steroid dienone is 2.